The Morgan fingerprint density at radius 2 is 1.00 bits per heavy atom. The zero-order chi connectivity index (χ0) is 43.0. The maximum atomic E-state index is 13.1. The fourth-order valence-electron chi connectivity index (χ4n) is 8.35. The number of hydrogen-bond acceptors (Lipinski definition) is 10. The minimum absolute atomic E-state index is 0.0891. The molecule has 4 aromatic carbocycles. The maximum absolute atomic E-state index is 13.1. The first-order chi connectivity index (χ1) is 30.3. The lowest BCUT2D eigenvalue weighted by Crippen LogP contribution is -2.43. The van der Waals surface area contributed by atoms with Crippen molar-refractivity contribution in [2.24, 2.45) is 0 Å². The molecular weight excluding hydrogens is 785 g/mol. The highest BCUT2D eigenvalue weighted by molar-refractivity contribution is 6.31. The Kier molecular flexibility index (Phi) is 13.1. The summed E-state index contributed by atoms with van der Waals surface area (Å²) in [4.78, 5) is 67.5. The van der Waals surface area contributed by atoms with Gasteiger partial charge in [-0.05, 0) is 95.5 Å². The summed E-state index contributed by atoms with van der Waals surface area (Å²) in [6.45, 7) is 5.04. The van der Waals surface area contributed by atoms with Crippen molar-refractivity contribution in [1.29, 1.82) is 0 Å². The van der Waals surface area contributed by atoms with Gasteiger partial charge in [-0.1, -0.05) is 85.0 Å². The van der Waals surface area contributed by atoms with Crippen LogP contribution in [0.15, 0.2) is 109 Å². The van der Waals surface area contributed by atoms with Crippen molar-refractivity contribution in [3.63, 3.8) is 0 Å². The van der Waals surface area contributed by atoms with E-state index in [1.165, 1.54) is 11.1 Å². The first-order valence-electron chi connectivity index (χ1n) is 21.1. The summed E-state index contributed by atoms with van der Waals surface area (Å²) in [7, 11) is 3.39. The number of rotatable bonds is 12. The number of amides is 2. The van der Waals surface area contributed by atoms with Gasteiger partial charge in [0.15, 0.2) is 0 Å². The Labute approximate surface area is 361 Å². The molecule has 0 saturated heterocycles. The molecule has 0 N–H and O–H groups in total. The van der Waals surface area contributed by atoms with Crippen molar-refractivity contribution in [3.8, 4) is 11.5 Å². The quantitative estimate of drug-likeness (QED) is 0.133. The van der Waals surface area contributed by atoms with Crippen LogP contribution in [0.1, 0.15) is 59.1 Å². The first-order valence-corrected chi connectivity index (χ1v) is 21.1. The predicted octanol–water partition coefficient (Wildman–Crippen LogP) is 7.48. The molecule has 62 heavy (non-hydrogen) atoms. The Morgan fingerprint density at radius 1 is 0.565 bits per heavy atom. The fourth-order valence-corrected chi connectivity index (χ4v) is 8.35. The molecule has 0 bridgehead atoms. The summed E-state index contributed by atoms with van der Waals surface area (Å²) in [6.07, 6.45) is 15.7. The molecule has 0 aromatic heterocycles. The highest BCUT2D eigenvalue weighted by Gasteiger charge is 2.35. The number of carbonyl (C=O) groups excluding carboxylic acids is 4. The molecule has 0 unspecified atom stereocenters. The number of nitrogens with zero attached hydrogens (tertiary/aromatic N) is 4. The van der Waals surface area contributed by atoms with E-state index in [0.717, 1.165) is 107 Å². The molecule has 0 fully saturated rings. The van der Waals surface area contributed by atoms with Gasteiger partial charge in [0.25, 0.3) is 11.8 Å². The number of hydrogen-bond donors (Lipinski definition) is 0. The van der Waals surface area contributed by atoms with Gasteiger partial charge in [-0.2, -0.15) is 0 Å². The Morgan fingerprint density at radius 3 is 1.40 bits per heavy atom. The van der Waals surface area contributed by atoms with E-state index >= 15 is 0 Å². The van der Waals surface area contributed by atoms with Gasteiger partial charge in [0.05, 0.1) is 25.6 Å². The lowest BCUT2D eigenvalue weighted by atomic mass is 9.98. The van der Waals surface area contributed by atoms with E-state index < -0.39 is 23.8 Å². The largest absolute Gasteiger partial charge is 0.496 e. The van der Waals surface area contributed by atoms with Gasteiger partial charge < -0.3 is 19.1 Å². The molecule has 12 heteroatoms. The van der Waals surface area contributed by atoms with Gasteiger partial charge in [-0.25, -0.2) is 9.59 Å². The molecule has 4 aliphatic rings. The number of methoxy groups -OCH3 is 2. The number of para-hydroxylation sites is 2. The Hall–Kier alpha value is -6.76. The second-order valence-corrected chi connectivity index (χ2v) is 15.6. The third kappa shape index (κ3) is 9.57. The zero-order valence-electron chi connectivity index (χ0n) is 35.1. The number of aryl methyl sites for hydroxylation is 2. The highest BCUT2D eigenvalue weighted by Crippen LogP contribution is 2.34. The molecule has 12 nitrogen and oxygen atoms in total. The van der Waals surface area contributed by atoms with E-state index in [2.05, 4.69) is 46.2 Å². The van der Waals surface area contributed by atoms with Crippen molar-refractivity contribution in [3.05, 3.63) is 143 Å². The van der Waals surface area contributed by atoms with Gasteiger partial charge in [0, 0.05) is 63.2 Å². The van der Waals surface area contributed by atoms with Crippen molar-refractivity contribution in [1.82, 2.24) is 9.80 Å². The first kappa shape index (κ1) is 42.0. The van der Waals surface area contributed by atoms with Gasteiger partial charge in [0.2, 0.25) is 0 Å². The van der Waals surface area contributed by atoms with Crippen molar-refractivity contribution in [2.75, 3.05) is 63.6 Å². The molecule has 318 valence electrons. The molecule has 0 atom stereocenters. The van der Waals surface area contributed by atoms with Crippen LogP contribution in [0.2, 0.25) is 0 Å². The lowest BCUT2D eigenvalue weighted by molar-refractivity contribution is -0.172. The van der Waals surface area contributed by atoms with E-state index in [1.807, 2.05) is 72.8 Å². The monoisotopic (exact) mass is 834 g/mol. The van der Waals surface area contributed by atoms with Gasteiger partial charge in [0.1, 0.15) is 11.5 Å². The molecule has 0 aliphatic carbocycles. The van der Waals surface area contributed by atoms with Gasteiger partial charge >= 0.3 is 11.9 Å². The summed E-state index contributed by atoms with van der Waals surface area (Å²) < 4.78 is 11.1. The summed E-state index contributed by atoms with van der Waals surface area (Å²) >= 11 is 0. The van der Waals surface area contributed by atoms with Crippen LogP contribution >= 0.6 is 0 Å². The normalized spacial score (nSPS) is 17.1. The van der Waals surface area contributed by atoms with E-state index in [4.69, 9.17) is 19.1 Å². The van der Waals surface area contributed by atoms with Crippen LogP contribution in [-0.4, -0.2) is 87.0 Å². The number of fused-ring (bicyclic) bond motifs is 2. The van der Waals surface area contributed by atoms with Crippen LogP contribution in [-0.2, 0) is 41.7 Å². The minimum atomic E-state index is -1.42. The van der Waals surface area contributed by atoms with Crippen LogP contribution in [0, 0.1) is 0 Å². The third-order valence-corrected chi connectivity index (χ3v) is 11.7. The fraction of sp³-hybridized carbons (Fsp3) is 0.280. The smallest absolute Gasteiger partial charge is 0.444 e. The van der Waals surface area contributed by atoms with E-state index in [9.17, 15) is 19.2 Å². The summed E-state index contributed by atoms with van der Waals surface area (Å²) in [5.74, 6) is -2.00. The summed E-state index contributed by atoms with van der Waals surface area (Å²) in [5.41, 5.74) is 9.07. The summed E-state index contributed by atoms with van der Waals surface area (Å²) in [6, 6.07) is 27.1. The van der Waals surface area contributed by atoms with Gasteiger partial charge in [-0.3, -0.25) is 19.4 Å². The zero-order valence-corrected chi connectivity index (χ0v) is 35.1. The highest BCUT2D eigenvalue weighted by atomic mass is 16.8. The predicted molar refractivity (Wildman–Crippen MR) is 239 cm³/mol. The van der Waals surface area contributed by atoms with Crippen LogP contribution < -0.4 is 19.6 Å². The Bertz CT molecular complexity index is 2320. The van der Waals surface area contributed by atoms with Crippen LogP contribution in [0.3, 0.4) is 0 Å². The number of hydroxylamine groups is 2. The molecule has 0 spiro atoms. The molecule has 4 aliphatic heterocycles. The molecule has 2 amide bonds. The van der Waals surface area contributed by atoms with Gasteiger partial charge in [-0.15, -0.1) is 10.1 Å². The Balaban J connectivity index is 0.840. The van der Waals surface area contributed by atoms with Crippen molar-refractivity contribution < 1.29 is 38.3 Å². The topological polar surface area (TPSA) is 118 Å². The standard InChI is InChI=1S/C50H50N4O8/c1-59-45-13-5-3-11-41(45)37-23-29-51(30-24-37)27-7-9-35-15-19-43-39(33-35)17-21-47(55)53(43)61-49(57)50(58)62-54-44-20-16-36(34-40(44)18-22-48(54)56)10-8-28-52-31-25-38(26-32-52)42-12-4-6-14-46(42)60-2/h3-16,19-20,23,25,33-34H,17-18,21-22,24,26-32H2,1-2H3. The number of ether oxygens (including phenoxy) is 2. The number of benzene rings is 4. The molecule has 8 rings (SSSR count). The molecule has 4 heterocycles. The molecular formula is C50H50N4O8. The second kappa shape index (κ2) is 19.3. The minimum Gasteiger partial charge on any atom is -0.496 e. The van der Waals surface area contributed by atoms with Crippen LogP contribution in [0.4, 0.5) is 11.4 Å². The average Bonchev–Trinajstić information content (AvgIpc) is 3.31. The summed E-state index contributed by atoms with van der Waals surface area (Å²) in [5, 5.41) is 1.69. The number of anilines is 2. The maximum Gasteiger partial charge on any atom is 0.444 e. The molecule has 4 aromatic rings. The van der Waals surface area contributed by atoms with Crippen molar-refractivity contribution >= 4 is 58.4 Å². The lowest BCUT2D eigenvalue weighted by Gasteiger charge is -2.29. The molecule has 0 radical (unpaired) electrons. The second-order valence-electron chi connectivity index (χ2n) is 15.6. The molecule has 0 saturated carbocycles. The van der Waals surface area contributed by atoms with Crippen LogP contribution in [0.25, 0.3) is 23.3 Å². The number of carbonyl (C=O) groups is 4. The SMILES string of the molecule is COc1ccccc1C1=CCN(CC=Cc2ccc3c(c2)CCC(=O)N3OC(=O)C(=O)ON2C(=O)CCc3cc(C=CCN4CC=C(c5ccccc5OC)CC4)ccc32)CC1. The van der Waals surface area contributed by atoms with E-state index in [-0.39, 0.29) is 12.8 Å². The van der Waals surface area contributed by atoms with E-state index in [1.54, 1.807) is 26.4 Å². The van der Waals surface area contributed by atoms with E-state index in [0.29, 0.717) is 24.2 Å². The average molecular weight is 835 g/mol. The van der Waals surface area contributed by atoms with Crippen molar-refractivity contribution in [2.45, 2.75) is 38.5 Å². The third-order valence-electron chi connectivity index (χ3n) is 11.7. The van der Waals surface area contributed by atoms with Crippen LogP contribution in [0.5, 0.6) is 11.5 Å².